The first-order valence-electron chi connectivity index (χ1n) is 4.72. The first-order chi connectivity index (χ1) is 5.35. The molecule has 2 rings (SSSR count). The zero-order chi connectivity index (χ0) is 7.73. The summed E-state index contributed by atoms with van der Waals surface area (Å²) < 4.78 is 0. The molecule has 0 bridgehead atoms. The SMILES string of the molecule is N#CCC1CCC2(CC1)CC2. The first kappa shape index (κ1) is 7.16. The molecule has 0 radical (unpaired) electrons. The van der Waals surface area contributed by atoms with Crippen LogP contribution >= 0.6 is 0 Å². The maximum absolute atomic E-state index is 8.51. The third kappa shape index (κ3) is 1.40. The normalized spacial score (nSPS) is 28.3. The van der Waals surface area contributed by atoms with Crippen molar-refractivity contribution < 1.29 is 0 Å². The van der Waals surface area contributed by atoms with Gasteiger partial charge in [-0.05, 0) is 49.9 Å². The van der Waals surface area contributed by atoms with Crippen LogP contribution in [-0.2, 0) is 0 Å². The number of nitriles is 1. The van der Waals surface area contributed by atoms with Crippen molar-refractivity contribution in [2.45, 2.75) is 44.9 Å². The summed E-state index contributed by atoms with van der Waals surface area (Å²) in [6.07, 6.45) is 9.24. The van der Waals surface area contributed by atoms with Gasteiger partial charge in [0.15, 0.2) is 0 Å². The van der Waals surface area contributed by atoms with Crippen LogP contribution in [0.3, 0.4) is 0 Å². The molecule has 0 amide bonds. The molecule has 2 aliphatic rings. The van der Waals surface area contributed by atoms with Gasteiger partial charge in [-0.1, -0.05) is 0 Å². The fourth-order valence-electron chi connectivity index (χ4n) is 2.30. The minimum Gasteiger partial charge on any atom is -0.198 e. The summed E-state index contributed by atoms with van der Waals surface area (Å²) >= 11 is 0. The van der Waals surface area contributed by atoms with E-state index >= 15 is 0 Å². The zero-order valence-electron chi connectivity index (χ0n) is 6.97. The standard InChI is InChI=1S/C10H15N/c11-8-3-9-1-4-10(5-2-9)6-7-10/h9H,1-7H2. The van der Waals surface area contributed by atoms with Crippen LogP contribution in [0, 0.1) is 22.7 Å². The monoisotopic (exact) mass is 149 g/mol. The van der Waals surface area contributed by atoms with Gasteiger partial charge in [-0.3, -0.25) is 0 Å². The van der Waals surface area contributed by atoms with Crippen molar-refractivity contribution >= 4 is 0 Å². The number of rotatable bonds is 1. The fourth-order valence-corrected chi connectivity index (χ4v) is 2.30. The van der Waals surface area contributed by atoms with Crippen molar-refractivity contribution in [1.82, 2.24) is 0 Å². The van der Waals surface area contributed by atoms with Gasteiger partial charge < -0.3 is 0 Å². The predicted molar refractivity (Wildman–Crippen MR) is 43.9 cm³/mol. The summed E-state index contributed by atoms with van der Waals surface area (Å²) in [6, 6.07) is 2.29. The van der Waals surface area contributed by atoms with Crippen LogP contribution < -0.4 is 0 Å². The molecule has 11 heavy (non-hydrogen) atoms. The molecule has 60 valence electrons. The minimum absolute atomic E-state index is 0.742. The second-order valence-electron chi connectivity index (χ2n) is 4.31. The van der Waals surface area contributed by atoms with Gasteiger partial charge in [0.05, 0.1) is 6.07 Å². The Morgan fingerprint density at radius 2 is 1.82 bits per heavy atom. The molecule has 1 spiro atoms. The van der Waals surface area contributed by atoms with Crippen LogP contribution in [0.2, 0.25) is 0 Å². The zero-order valence-corrected chi connectivity index (χ0v) is 6.97. The molecule has 0 N–H and O–H groups in total. The maximum Gasteiger partial charge on any atom is 0.0624 e. The lowest BCUT2D eigenvalue weighted by Gasteiger charge is -2.26. The Morgan fingerprint density at radius 1 is 1.18 bits per heavy atom. The van der Waals surface area contributed by atoms with Crippen molar-refractivity contribution in [2.24, 2.45) is 11.3 Å². The number of nitrogens with zero attached hydrogens (tertiary/aromatic N) is 1. The fraction of sp³-hybridized carbons (Fsp3) is 0.900. The van der Waals surface area contributed by atoms with Crippen LogP contribution in [0.5, 0.6) is 0 Å². The summed E-state index contributed by atoms with van der Waals surface area (Å²) in [4.78, 5) is 0. The van der Waals surface area contributed by atoms with Gasteiger partial charge in [0.25, 0.3) is 0 Å². The molecule has 0 atom stereocenters. The van der Waals surface area contributed by atoms with E-state index in [1.54, 1.807) is 0 Å². The molecule has 1 nitrogen and oxygen atoms in total. The van der Waals surface area contributed by atoms with Crippen LogP contribution in [0.4, 0.5) is 0 Å². The van der Waals surface area contributed by atoms with Crippen LogP contribution in [0.15, 0.2) is 0 Å². The summed E-state index contributed by atoms with van der Waals surface area (Å²) in [7, 11) is 0. The quantitative estimate of drug-likeness (QED) is 0.562. The van der Waals surface area contributed by atoms with Gasteiger partial charge >= 0.3 is 0 Å². The van der Waals surface area contributed by atoms with E-state index in [1.165, 1.54) is 38.5 Å². The van der Waals surface area contributed by atoms with E-state index in [0.29, 0.717) is 0 Å². The Labute approximate surface area is 68.4 Å². The van der Waals surface area contributed by atoms with E-state index in [0.717, 1.165) is 17.8 Å². The van der Waals surface area contributed by atoms with Crippen molar-refractivity contribution in [3.63, 3.8) is 0 Å². The average molecular weight is 149 g/mol. The molecular formula is C10H15N. The van der Waals surface area contributed by atoms with E-state index in [2.05, 4.69) is 6.07 Å². The van der Waals surface area contributed by atoms with Gasteiger partial charge in [-0.25, -0.2) is 0 Å². The van der Waals surface area contributed by atoms with E-state index in [4.69, 9.17) is 5.26 Å². The van der Waals surface area contributed by atoms with Gasteiger partial charge in [0, 0.05) is 6.42 Å². The van der Waals surface area contributed by atoms with E-state index in [9.17, 15) is 0 Å². The molecule has 0 saturated heterocycles. The Balaban J connectivity index is 1.81. The summed E-state index contributed by atoms with van der Waals surface area (Å²) in [5.41, 5.74) is 0.798. The number of hydrogen-bond donors (Lipinski definition) is 0. The van der Waals surface area contributed by atoms with E-state index in [1.807, 2.05) is 0 Å². The third-order valence-electron chi connectivity index (χ3n) is 3.50. The van der Waals surface area contributed by atoms with Crippen molar-refractivity contribution in [3.8, 4) is 6.07 Å². The Kier molecular flexibility index (Phi) is 1.64. The van der Waals surface area contributed by atoms with E-state index < -0.39 is 0 Å². The minimum atomic E-state index is 0.742. The van der Waals surface area contributed by atoms with Gasteiger partial charge in [-0.2, -0.15) is 5.26 Å². The van der Waals surface area contributed by atoms with Crippen LogP contribution in [-0.4, -0.2) is 0 Å². The molecule has 0 heterocycles. The van der Waals surface area contributed by atoms with Gasteiger partial charge in [0.1, 0.15) is 0 Å². The Bertz CT molecular complexity index is 176. The molecule has 0 aromatic heterocycles. The lowest BCUT2D eigenvalue weighted by atomic mass is 9.79. The lowest BCUT2D eigenvalue weighted by molar-refractivity contribution is 0.260. The summed E-state index contributed by atoms with van der Waals surface area (Å²) in [6.45, 7) is 0. The molecule has 2 saturated carbocycles. The first-order valence-corrected chi connectivity index (χ1v) is 4.72. The highest BCUT2D eigenvalue weighted by Gasteiger charge is 2.44. The second-order valence-corrected chi connectivity index (χ2v) is 4.31. The average Bonchev–Trinajstić information content (AvgIpc) is 2.76. The highest BCUT2D eigenvalue weighted by molar-refractivity contribution is 4.97. The maximum atomic E-state index is 8.51. The largest absolute Gasteiger partial charge is 0.198 e. The highest BCUT2D eigenvalue weighted by atomic mass is 14.5. The number of hydrogen-bond acceptors (Lipinski definition) is 1. The summed E-state index contributed by atoms with van der Waals surface area (Å²) in [5, 5.41) is 8.51. The molecule has 0 unspecified atom stereocenters. The molecule has 2 fully saturated rings. The predicted octanol–water partition coefficient (Wildman–Crippen LogP) is 2.87. The topological polar surface area (TPSA) is 23.8 Å². The Hall–Kier alpha value is -0.510. The molecule has 1 heteroatoms. The smallest absolute Gasteiger partial charge is 0.0624 e. The van der Waals surface area contributed by atoms with Crippen LogP contribution in [0.1, 0.15) is 44.9 Å². The van der Waals surface area contributed by atoms with Crippen molar-refractivity contribution in [2.75, 3.05) is 0 Å². The lowest BCUT2D eigenvalue weighted by Crippen LogP contribution is -2.14. The van der Waals surface area contributed by atoms with Gasteiger partial charge in [-0.15, -0.1) is 0 Å². The molecule has 0 aromatic rings. The second kappa shape index (κ2) is 2.52. The van der Waals surface area contributed by atoms with E-state index in [-0.39, 0.29) is 0 Å². The molecule has 0 aliphatic heterocycles. The van der Waals surface area contributed by atoms with Gasteiger partial charge in [0.2, 0.25) is 0 Å². The Morgan fingerprint density at radius 3 is 2.27 bits per heavy atom. The summed E-state index contributed by atoms with van der Waals surface area (Å²) in [5.74, 6) is 0.742. The molecular weight excluding hydrogens is 134 g/mol. The van der Waals surface area contributed by atoms with Crippen molar-refractivity contribution in [3.05, 3.63) is 0 Å². The third-order valence-corrected chi connectivity index (χ3v) is 3.50. The molecule has 0 aromatic carbocycles. The highest BCUT2D eigenvalue weighted by Crippen LogP contribution is 2.57. The molecule has 2 aliphatic carbocycles. The van der Waals surface area contributed by atoms with Crippen molar-refractivity contribution in [1.29, 1.82) is 5.26 Å². The van der Waals surface area contributed by atoms with Crippen LogP contribution in [0.25, 0.3) is 0 Å².